The largest absolute Gasteiger partial charge is 0.309 e. The normalized spacial score (nSPS) is 23.7. The second-order valence-electron chi connectivity index (χ2n) is 4.15. The Kier molecular flexibility index (Phi) is 2.58. The molecule has 0 radical (unpaired) electrons. The Balaban J connectivity index is 2.43. The van der Waals surface area contributed by atoms with Crippen molar-refractivity contribution in [2.75, 3.05) is 20.6 Å². The van der Waals surface area contributed by atoms with Crippen LogP contribution in [0.5, 0.6) is 0 Å². The number of hydrogen-bond acceptors (Lipinski definition) is 2. The maximum absolute atomic E-state index is 12.6. The van der Waals surface area contributed by atoms with Crippen LogP contribution in [0.15, 0.2) is 0 Å². The second-order valence-corrected chi connectivity index (χ2v) is 4.15. The van der Waals surface area contributed by atoms with Gasteiger partial charge in [0.25, 0.3) is 5.92 Å². The highest BCUT2D eigenvalue weighted by Gasteiger charge is 2.56. The van der Waals surface area contributed by atoms with Crippen molar-refractivity contribution in [3.63, 3.8) is 0 Å². The molecule has 0 saturated heterocycles. The molecule has 74 valence electrons. The molecule has 0 aromatic carbocycles. The van der Waals surface area contributed by atoms with Crippen LogP contribution < -0.4 is 0 Å². The lowest BCUT2D eigenvalue weighted by Gasteiger charge is -2.42. The summed E-state index contributed by atoms with van der Waals surface area (Å²) in [6.07, 6.45) is 0.0285. The average molecular weight is 188 g/mol. The molecular weight excluding hydrogens is 174 g/mol. The van der Waals surface area contributed by atoms with E-state index in [1.807, 2.05) is 25.1 Å². The van der Waals surface area contributed by atoms with Gasteiger partial charge in [-0.15, -0.1) is 0 Å². The van der Waals surface area contributed by atoms with Crippen LogP contribution in [0, 0.1) is 16.7 Å². The molecule has 0 amide bonds. The van der Waals surface area contributed by atoms with Crippen LogP contribution in [0.1, 0.15) is 19.3 Å². The molecule has 1 aliphatic rings. The molecule has 1 fully saturated rings. The van der Waals surface area contributed by atoms with Gasteiger partial charge in [-0.1, -0.05) is 0 Å². The number of nitrogens with zero attached hydrogens (tertiary/aromatic N) is 2. The first-order chi connectivity index (χ1) is 5.89. The third-order valence-electron chi connectivity index (χ3n) is 2.47. The van der Waals surface area contributed by atoms with E-state index < -0.39 is 11.3 Å². The molecule has 0 heterocycles. The van der Waals surface area contributed by atoms with Gasteiger partial charge >= 0.3 is 0 Å². The van der Waals surface area contributed by atoms with Crippen LogP contribution in [-0.2, 0) is 0 Å². The van der Waals surface area contributed by atoms with Gasteiger partial charge in [0.05, 0.1) is 11.5 Å². The Bertz CT molecular complexity index is 222. The smallest absolute Gasteiger partial charge is 0.251 e. The zero-order valence-electron chi connectivity index (χ0n) is 7.98. The van der Waals surface area contributed by atoms with Crippen LogP contribution in [0.3, 0.4) is 0 Å². The lowest BCUT2D eigenvalue weighted by atomic mass is 9.65. The molecule has 1 rings (SSSR count). The summed E-state index contributed by atoms with van der Waals surface area (Å²) in [6, 6.07) is 2.02. The van der Waals surface area contributed by atoms with Crippen molar-refractivity contribution in [2.24, 2.45) is 5.41 Å². The molecule has 0 N–H and O–H groups in total. The molecule has 0 aromatic rings. The Morgan fingerprint density at radius 3 is 2.23 bits per heavy atom. The Morgan fingerprint density at radius 1 is 1.38 bits per heavy atom. The van der Waals surface area contributed by atoms with Crippen molar-refractivity contribution >= 4 is 0 Å². The molecular formula is C9H14F2N2. The zero-order chi connectivity index (χ0) is 10.1. The van der Waals surface area contributed by atoms with E-state index in [0.717, 1.165) is 0 Å². The summed E-state index contributed by atoms with van der Waals surface area (Å²) < 4.78 is 25.2. The van der Waals surface area contributed by atoms with E-state index in [1.165, 1.54) is 0 Å². The van der Waals surface area contributed by atoms with E-state index in [-0.39, 0.29) is 12.8 Å². The van der Waals surface area contributed by atoms with Gasteiger partial charge in [0.15, 0.2) is 0 Å². The molecule has 1 aliphatic carbocycles. The summed E-state index contributed by atoms with van der Waals surface area (Å²) in [6.45, 7) is 0.698. The van der Waals surface area contributed by atoms with Crippen LogP contribution in [0.25, 0.3) is 0 Å². The summed E-state index contributed by atoms with van der Waals surface area (Å²) in [4.78, 5) is 1.91. The van der Waals surface area contributed by atoms with E-state index in [0.29, 0.717) is 13.0 Å². The fourth-order valence-electron chi connectivity index (χ4n) is 1.69. The lowest BCUT2D eigenvalue weighted by molar-refractivity contribution is -0.141. The number of halogens is 2. The summed E-state index contributed by atoms with van der Waals surface area (Å²) >= 11 is 0. The van der Waals surface area contributed by atoms with E-state index in [4.69, 9.17) is 5.26 Å². The van der Waals surface area contributed by atoms with E-state index in [9.17, 15) is 8.78 Å². The minimum absolute atomic E-state index is 0.260. The van der Waals surface area contributed by atoms with Gasteiger partial charge in [0.1, 0.15) is 0 Å². The fourth-order valence-corrected chi connectivity index (χ4v) is 1.69. The molecule has 0 bridgehead atoms. The fraction of sp³-hybridized carbons (Fsp3) is 0.889. The molecule has 0 atom stereocenters. The Labute approximate surface area is 77.1 Å². The van der Waals surface area contributed by atoms with Crippen molar-refractivity contribution in [2.45, 2.75) is 25.2 Å². The Hall–Kier alpha value is -0.690. The van der Waals surface area contributed by atoms with Crippen molar-refractivity contribution in [3.05, 3.63) is 0 Å². The third-order valence-corrected chi connectivity index (χ3v) is 2.47. The summed E-state index contributed by atoms with van der Waals surface area (Å²) in [5.41, 5.74) is -0.756. The minimum Gasteiger partial charge on any atom is -0.309 e. The standard InChI is InChI=1S/C9H14F2N2/c1-13(2)4-3-8(7-12)5-9(10,11)6-8/h3-6H2,1-2H3. The summed E-state index contributed by atoms with van der Waals surface area (Å²) in [5.74, 6) is -2.60. The minimum atomic E-state index is -2.60. The lowest BCUT2D eigenvalue weighted by Crippen LogP contribution is -2.46. The average Bonchev–Trinajstić information content (AvgIpc) is 1.96. The maximum Gasteiger partial charge on any atom is 0.251 e. The molecule has 0 spiro atoms. The van der Waals surface area contributed by atoms with Crippen molar-refractivity contribution in [1.29, 1.82) is 5.26 Å². The topological polar surface area (TPSA) is 27.0 Å². The van der Waals surface area contributed by atoms with Crippen LogP contribution in [0.4, 0.5) is 8.78 Å². The molecule has 0 unspecified atom stereocenters. The highest BCUT2D eigenvalue weighted by atomic mass is 19.3. The van der Waals surface area contributed by atoms with Crippen LogP contribution >= 0.6 is 0 Å². The predicted octanol–water partition coefficient (Wildman–Crippen LogP) is 1.88. The van der Waals surface area contributed by atoms with Crippen LogP contribution in [0.2, 0.25) is 0 Å². The van der Waals surface area contributed by atoms with Gasteiger partial charge in [0.2, 0.25) is 0 Å². The molecule has 13 heavy (non-hydrogen) atoms. The van der Waals surface area contributed by atoms with E-state index >= 15 is 0 Å². The molecule has 4 heteroatoms. The Morgan fingerprint density at radius 2 is 1.92 bits per heavy atom. The first-order valence-electron chi connectivity index (χ1n) is 4.33. The highest BCUT2D eigenvalue weighted by molar-refractivity contribution is 5.11. The molecule has 0 aliphatic heterocycles. The predicted molar refractivity (Wildman–Crippen MR) is 45.4 cm³/mol. The van der Waals surface area contributed by atoms with Crippen molar-refractivity contribution in [1.82, 2.24) is 4.90 Å². The van der Waals surface area contributed by atoms with Gasteiger partial charge < -0.3 is 4.90 Å². The number of nitriles is 1. The highest BCUT2D eigenvalue weighted by Crippen LogP contribution is 2.53. The quantitative estimate of drug-likeness (QED) is 0.676. The summed E-state index contributed by atoms with van der Waals surface area (Å²) in [5, 5.41) is 8.78. The van der Waals surface area contributed by atoms with Gasteiger partial charge in [-0.2, -0.15) is 5.26 Å². The molecule has 0 aromatic heterocycles. The van der Waals surface area contributed by atoms with Gasteiger partial charge in [-0.05, 0) is 27.1 Å². The van der Waals surface area contributed by atoms with Crippen LogP contribution in [-0.4, -0.2) is 31.5 Å². The first kappa shape index (κ1) is 10.4. The number of alkyl halides is 2. The second kappa shape index (κ2) is 3.22. The number of rotatable bonds is 3. The molecule has 2 nitrogen and oxygen atoms in total. The third kappa shape index (κ3) is 2.38. The first-order valence-corrected chi connectivity index (χ1v) is 4.33. The van der Waals surface area contributed by atoms with Crippen molar-refractivity contribution < 1.29 is 8.78 Å². The zero-order valence-corrected chi connectivity index (χ0v) is 7.98. The SMILES string of the molecule is CN(C)CCC1(C#N)CC(F)(F)C1. The number of hydrogen-bond donors (Lipinski definition) is 0. The maximum atomic E-state index is 12.6. The van der Waals surface area contributed by atoms with Gasteiger partial charge in [0, 0.05) is 12.8 Å². The van der Waals surface area contributed by atoms with E-state index in [2.05, 4.69) is 0 Å². The van der Waals surface area contributed by atoms with Crippen molar-refractivity contribution in [3.8, 4) is 6.07 Å². The van der Waals surface area contributed by atoms with Gasteiger partial charge in [-0.3, -0.25) is 0 Å². The van der Waals surface area contributed by atoms with E-state index in [1.54, 1.807) is 0 Å². The summed E-state index contributed by atoms with van der Waals surface area (Å²) in [7, 11) is 3.75. The van der Waals surface area contributed by atoms with Gasteiger partial charge in [-0.25, -0.2) is 8.78 Å². The molecule has 1 saturated carbocycles. The monoisotopic (exact) mass is 188 g/mol.